The Labute approximate surface area is 151 Å². The third kappa shape index (κ3) is 3.02. The van der Waals surface area contributed by atoms with Crippen LogP contribution in [-0.4, -0.2) is 38.6 Å². The summed E-state index contributed by atoms with van der Waals surface area (Å²) in [5.74, 6) is 0.0950. The zero-order chi connectivity index (χ0) is 22.4. The van der Waals surface area contributed by atoms with Crippen LogP contribution in [0.15, 0.2) is 23.5 Å². The largest absolute Gasteiger partial charge is 0.609 e. The number of rotatable bonds is 5. The topological polar surface area (TPSA) is 96.0 Å². The smallest absolute Gasteiger partial charge is 0.323 e. The van der Waals surface area contributed by atoms with Gasteiger partial charge in [-0.3, -0.25) is 9.97 Å². The zero-order valence-electron chi connectivity index (χ0n) is 19.1. The number of ether oxygens (including phenoxy) is 2. The normalized spacial score (nSPS) is 17.2. The highest BCUT2D eigenvalue weighted by atomic mass is 32.2. The molecule has 7 nitrogen and oxygen atoms in total. The first-order valence-electron chi connectivity index (χ1n) is 9.85. The number of nitrogens with zero attached hydrogens (tertiary/aromatic N) is 3. The molecule has 126 valence electrons. The summed E-state index contributed by atoms with van der Waals surface area (Å²) in [6, 6.07) is 3.17. The number of pyridine rings is 2. The summed E-state index contributed by atoms with van der Waals surface area (Å²) in [6.07, 6.45) is -0.383. The molecule has 0 aliphatic rings. The predicted octanol–water partition coefficient (Wildman–Crippen LogP) is 2.29. The van der Waals surface area contributed by atoms with Crippen LogP contribution in [0.3, 0.4) is 0 Å². The molecule has 0 saturated heterocycles. The standard InChI is InChI=1S/C16H18N4O3S/c1-9-7-17-12(10(2)14(9)23-4)8-24(21)16-18-11-5-6-13(22-3)19-15(11)20-16/h5-7H,8H2,1-4H3,(H,18,19,20)/i4D3,7D,8D2. The van der Waals surface area contributed by atoms with Crippen molar-refractivity contribution in [3.05, 3.63) is 35.1 Å². The minimum absolute atomic E-state index is 0.0360. The summed E-state index contributed by atoms with van der Waals surface area (Å²) >= 11 is -2.40. The van der Waals surface area contributed by atoms with Gasteiger partial charge in [0.2, 0.25) is 5.88 Å². The molecule has 0 spiro atoms. The Morgan fingerprint density at radius 3 is 2.96 bits per heavy atom. The first-order chi connectivity index (χ1) is 13.8. The van der Waals surface area contributed by atoms with E-state index in [1.165, 1.54) is 21.0 Å². The van der Waals surface area contributed by atoms with Crippen LogP contribution >= 0.6 is 0 Å². The maximum absolute atomic E-state index is 13.1. The molecule has 0 fully saturated rings. The highest BCUT2D eigenvalue weighted by Gasteiger charge is 2.21. The fraction of sp³-hybridized carbons (Fsp3) is 0.312. The lowest BCUT2D eigenvalue weighted by molar-refractivity contribution is 0.399. The molecular weight excluding hydrogens is 328 g/mol. The SMILES string of the molecule is [2H]c1nc(C([2H])([2H])[S+]([O-])c2nc3nc(OC)ccc3[nH]2)c(C)c(OC([2H])([2H])[2H])c1C. The maximum atomic E-state index is 13.1. The second kappa shape index (κ2) is 6.66. The Hall–Kier alpha value is -2.32. The molecule has 0 amide bonds. The number of methoxy groups -OCH3 is 2. The minimum atomic E-state index is -2.81. The summed E-state index contributed by atoms with van der Waals surface area (Å²) < 4.78 is 69.8. The van der Waals surface area contributed by atoms with Gasteiger partial charge < -0.3 is 14.0 Å². The number of fused-ring (bicyclic) bond motifs is 1. The van der Waals surface area contributed by atoms with Gasteiger partial charge in [-0.15, -0.1) is 0 Å². The van der Waals surface area contributed by atoms with Gasteiger partial charge in [0.1, 0.15) is 5.75 Å². The number of imidazole rings is 1. The number of aromatic nitrogens is 4. The summed E-state index contributed by atoms with van der Waals surface area (Å²) in [5, 5.41) is -0.192. The fourth-order valence-corrected chi connectivity index (χ4v) is 2.95. The van der Waals surface area contributed by atoms with Crippen molar-refractivity contribution < 1.29 is 22.3 Å². The van der Waals surface area contributed by atoms with E-state index in [4.69, 9.17) is 17.7 Å². The van der Waals surface area contributed by atoms with Crippen LogP contribution < -0.4 is 9.47 Å². The van der Waals surface area contributed by atoms with Crippen molar-refractivity contribution >= 4 is 22.3 Å². The predicted molar refractivity (Wildman–Crippen MR) is 90.8 cm³/mol. The molecule has 3 rings (SSSR count). The van der Waals surface area contributed by atoms with E-state index in [0.717, 1.165) is 0 Å². The van der Waals surface area contributed by atoms with Crippen molar-refractivity contribution in [3.8, 4) is 11.6 Å². The van der Waals surface area contributed by atoms with Crippen LogP contribution in [0, 0.1) is 13.8 Å². The fourth-order valence-electron chi connectivity index (χ4n) is 2.11. The Bertz CT molecular complexity index is 1100. The van der Waals surface area contributed by atoms with Crippen molar-refractivity contribution in [3.63, 3.8) is 0 Å². The number of nitrogens with one attached hydrogen (secondary N) is 1. The molecule has 0 aliphatic carbocycles. The molecule has 1 atom stereocenters. The van der Waals surface area contributed by atoms with Gasteiger partial charge in [-0.1, -0.05) is 0 Å². The van der Waals surface area contributed by atoms with Crippen molar-refractivity contribution in [1.82, 2.24) is 19.9 Å². The maximum Gasteiger partial charge on any atom is 0.323 e. The Balaban J connectivity index is 2.08. The molecule has 3 aromatic heterocycles. The van der Waals surface area contributed by atoms with E-state index in [1.807, 2.05) is 0 Å². The average Bonchev–Trinajstić information content (AvgIpc) is 3.09. The summed E-state index contributed by atoms with van der Waals surface area (Å²) in [5.41, 5.74) is -2.20. The van der Waals surface area contributed by atoms with Gasteiger partial charge in [-0.05, 0) is 19.9 Å². The Kier molecular flexibility index (Phi) is 2.92. The molecule has 1 N–H and O–H groups in total. The van der Waals surface area contributed by atoms with Crippen molar-refractivity contribution in [2.75, 3.05) is 14.1 Å². The molecule has 8 heteroatoms. The number of hydrogen-bond donors (Lipinski definition) is 1. The van der Waals surface area contributed by atoms with Gasteiger partial charge in [-0.25, -0.2) is 0 Å². The minimum Gasteiger partial charge on any atom is -0.609 e. The molecular formula is C16H18N4O3S. The molecule has 0 bridgehead atoms. The zero-order valence-corrected chi connectivity index (χ0v) is 13.9. The van der Waals surface area contributed by atoms with Gasteiger partial charge in [0, 0.05) is 34.5 Å². The highest BCUT2D eigenvalue weighted by Crippen LogP contribution is 2.26. The summed E-state index contributed by atoms with van der Waals surface area (Å²) in [7, 11) is -1.38. The second-order valence-electron chi connectivity index (χ2n) is 4.89. The van der Waals surface area contributed by atoms with Gasteiger partial charge in [0.25, 0.3) is 0 Å². The lowest BCUT2D eigenvalue weighted by Crippen LogP contribution is -2.10. The Morgan fingerprint density at radius 2 is 2.21 bits per heavy atom. The van der Waals surface area contributed by atoms with Gasteiger partial charge in [-0.2, -0.15) is 9.97 Å². The van der Waals surface area contributed by atoms with E-state index in [0.29, 0.717) is 5.52 Å². The summed E-state index contributed by atoms with van der Waals surface area (Å²) in [6.45, 7) is 2.84. The first-order valence-corrected chi connectivity index (χ1v) is 8.00. The number of aromatic amines is 1. The summed E-state index contributed by atoms with van der Waals surface area (Å²) in [4.78, 5) is 14.9. The van der Waals surface area contributed by atoms with Crippen molar-refractivity contribution in [1.29, 1.82) is 0 Å². The molecule has 0 aliphatic heterocycles. The third-order valence-electron chi connectivity index (χ3n) is 3.35. The van der Waals surface area contributed by atoms with Crippen LogP contribution in [0.4, 0.5) is 0 Å². The molecule has 3 heterocycles. The van der Waals surface area contributed by atoms with Crippen LogP contribution in [0.25, 0.3) is 11.2 Å². The molecule has 24 heavy (non-hydrogen) atoms. The lowest BCUT2D eigenvalue weighted by Gasteiger charge is -2.13. The third-order valence-corrected chi connectivity index (χ3v) is 4.27. The Morgan fingerprint density at radius 1 is 1.38 bits per heavy atom. The number of hydrogen-bond acceptors (Lipinski definition) is 6. The second-order valence-corrected chi connectivity index (χ2v) is 6.02. The molecule has 0 aromatic carbocycles. The van der Waals surface area contributed by atoms with Crippen LogP contribution in [0.5, 0.6) is 11.6 Å². The van der Waals surface area contributed by atoms with E-state index in [-0.39, 0.29) is 45.4 Å². The van der Waals surface area contributed by atoms with E-state index >= 15 is 0 Å². The van der Waals surface area contributed by atoms with Crippen LogP contribution in [0.2, 0.25) is 0 Å². The van der Waals surface area contributed by atoms with E-state index in [1.54, 1.807) is 12.1 Å². The van der Waals surface area contributed by atoms with E-state index < -0.39 is 23.9 Å². The van der Waals surface area contributed by atoms with Crippen molar-refractivity contribution in [2.45, 2.75) is 24.7 Å². The quantitative estimate of drug-likeness (QED) is 0.708. The number of H-pyrrole nitrogens is 1. The highest BCUT2D eigenvalue weighted by molar-refractivity contribution is 7.90. The molecule has 3 aromatic rings. The van der Waals surface area contributed by atoms with Gasteiger partial charge >= 0.3 is 5.16 Å². The lowest BCUT2D eigenvalue weighted by atomic mass is 10.1. The monoisotopic (exact) mass is 352 g/mol. The first kappa shape index (κ1) is 10.5. The van der Waals surface area contributed by atoms with Gasteiger partial charge in [0.15, 0.2) is 11.4 Å². The van der Waals surface area contributed by atoms with E-state index in [2.05, 4.69) is 19.9 Å². The molecule has 0 saturated carbocycles. The van der Waals surface area contributed by atoms with Crippen molar-refractivity contribution in [2.24, 2.45) is 0 Å². The van der Waals surface area contributed by atoms with Gasteiger partial charge in [0.05, 0.1) is 33.6 Å². The van der Waals surface area contributed by atoms with Crippen LogP contribution in [0.1, 0.15) is 25.0 Å². The molecule has 1 unspecified atom stereocenters. The van der Waals surface area contributed by atoms with E-state index in [9.17, 15) is 4.55 Å². The molecule has 0 radical (unpaired) electrons. The average molecular weight is 352 g/mol. The van der Waals surface area contributed by atoms with Crippen LogP contribution in [-0.2, 0) is 16.9 Å².